The Morgan fingerprint density at radius 2 is 1.93 bits per heavy atom. The van der Waals surface area contributed by atoms with E-state index in [1.54, 1.807) is 27.7 Å². The first-order valence-corrected chi connectivity index (χ1v) is 10.3. The van der Waals surface area contributed by atoms with Crippen LogP contribution >= 0.6 is 23.2 Å². The number of sulfone groups is 1. The monoisotopic (exact) mass is 435 g/mol. The van der Waals surface area contributed by atoms with Crippen molar-refractivity contribution < 1.29 is 22.4 Å². The van der Waals surface area contributed by atoms with E-state index in [9.17, 15) is 13.2 Å². The van der Waals surface area contributed by atoms with E-state index >= 15 is 0 Å². The number of carbonyl (C=O) groups is 1. The van der Waals surface area contributed by atoms with Crippen LogP contribution in [0, 0.1) is 0 Å². The third-order valence-corrected chi connectivity index (χ3v) is 5.28. The van der Waals surface area contributed by atoms with Crippen molar-refractivity contribution in [3.63, 3.8) is 0 Å². The number of hydrogen-bond acceptors (Lipinski definition) is 7. The fourth-order valence-electron chi connectivity index (χ4n) is 1.98. The molecule has 1 N–H and O–H groups in total. The topological polar surface area (TPSA) is 111 Å². The van der Waals surface area contributed by atoms with Crippen molar-refractivity contribution in [3.05, 3.63) is 39.7 Å². The molecule has 1 amide bonds. The van der Waals surface area contributed by atoms with Gasteiger partial charge in [-0.2, -0.15) is 0 Å². The lowest BCUT2D eigenvalue weighted by atomic mass is 10.2. The second-order valence-corrected chi connectivity index (χ2v) is 9.46. The predicted molar refractivity (Wildman–Crippen MR) is 99.4 cm³/mol. The van der Waals surface area contributed by atoms with Gasteiger partial charge in [-0.25, -0.2) is 13.2 Å². The lowest BCUT2D eigenvalue weighted by Gasteiger charge is -2.20. The average Bonchev–Trinajstić information content (AvgIpc) is 2.99. The number of ether oxygens (including phenoxy) is 1. The van der Waals surface area contributed by atoms with Gasteiger partial charge in [-0.15, -0.1) is 5.10 Å². The van der Waals surface area contributed by atoms with E-state index in [2.05, 4.69) is 15.5 Å². The van der Waals surface area contributed by atoms with Crippen LogP contribution in [-0.2, 0) is 20.3 Å². The minimum absolute atomic E-state index is 0.0615. The number of halogens is 2. The smallest absolute Gasteiger partial charge is 0.408 e. The van der Waals surface area contributed by atoms with Gasteiger partial charge in [0, 0.05) is 0 Å². The molecule has 1 heterocycles. The molecule has 27 heavy (non-hydrogen) atoms. The molecule has 2 rings (SSSR count). The van der Waals surface area contributed by atoms with Crippen LogP contribution in [0.4, 0.5) is 4.79 Å². The van der Waals surface area contributed by atoms with Crippen molar-refractivity contribution in [2.45, 2.75) is 50.3 Å². The van der Waals surface area contributed by atoms with Crippen molar-refractivity contribution in [1.29, 1.82) is 0 Å². The number of aromatic nitrogens is 2. The summed E-state index contributed by atoms with van der Waals surface area (Å²) in [4.78, 5) is 11.8. The summed E-state index contributed by atoms with van der Waals surface area (Å²) >= 11 is 11.7. The number of amides is 1. The van der Waals surface area contributed by atoms with Crippen molar-refractivity contribution in [1.82, 2.24) is 15.5 Å². The van der Waals surface area contributed by atoms with E-state index in [1.807, 2.05) is 0 Å². The van der Waals surface area contributed by atoms with Crippen LogP contribution in [0.15, 0.2) is 27.8 Å². The van der Waals surface area contributed by atoms with E-state index in [1.165, 1.54) is 18.2 Å². The fourth-order valence-corrected chi connectivity index (χ4v) is 3.42. The highest BCUT2D eigenvalue weighted by Gasteiger charge is 2.26. The zero-order chi connectivity index (χ0) is 20.4. The lowest BCUT2D eigenvalue weighted by Crippen LogP contribution is -2.34. The second kappa shape index (κ2) is 8.04. The number of alkyl carbamates (subject to hydrolysis) is 1. The average molecular weight is 436 g/mol. The second-order valence-electron chi connectivity index (χ2n) is 6.78. The Labute approximate surface area is 167 Å². The Bertz CT molecular complexity index is 938. The van der Waals surface area contributed by atoms with E-state index in [0.717, 1.165) is 0 Å². The fraction of sp³-hybridized carbons (Fsp3) is 0.438. The standard InChI is InChI=1S/C16H19Cl2N3O5S/c1-9(19-14(22)26-16(2,3)4)13-20-21-15(25-13)27(23,24)8-10-5-6-11(17)12(18)7-10/h5-7,9H,8H2,1-4H3,(H,19,22)/t9-/m1/s1. The summed E-state index contributed by atoms with van der Waals surface area (Å²) in [6.45, 7) is 6.72. The Kier molecular flexibility index (Phi) is 6.39. The molecule has 8 nitrogen and oxygen atoms in total. The van der Waals surface area contributed by atoms with Crippen LogP contribution in [0.3, 0.4) is 0 Å². The van der Waals surface area contributed by atoms with Crippen molar-refractivity contribution in [2.75, 3.05) is 0 Å². The molecule has 0 aliphatic carbocycles. The summed E-state index contributed by atoms with van der Waals surface area (Å²) in [7, 11) is -3.90. The Balaban J connectivity index is 2.10. The molecular formula is C16H19Cl2N3O5S. The number of benzene rings is 1. The van der Waals surface area contributed by atoms with Crippen LogP contribution in [0.2, 0.25) is 10.0 Å². The maximum atomic E-state index is 12.5. The molecule has 0 saturated heterocycles. The van der Waals surface area contributed by atoms with Crippen LogP contribution in [0.5, 0.6) is 0 Å². The summed E-state index contributed by atoms with van der Waals surface area (Å²) in [5.74, 6) is -0.451. The van der Waals surface area contributed by atoms with E-state index < -0.39 is 32.8 Å². The van der Waals surface area contributed by atoms with Gasteiger partial charge < -0.3 is 14.5 Å². The number of carbonyl (C=O) groups excluding carboxylic acids is 1. The molecule has 0 bridgehead atoms. The highest BCUT2D eigenvalue weighted by atomic mass is 35.5. The molecular weight excluding hydrogens is 417 g/mol. The molecule has 1 atom stereocenters. The maximum absolute atomic E-state index is 12.5. The normalized spacial score (nSPS) is 13.3. The highest BCUT2D eigenvalue weighted by molar-refractivity contribution is 7.90. The number of nitrogens with one attached hydrogen (secondary N) is 1. The quantitative estimate of drug-likeness (QED) is 0.756. The third kappa shape index (κ3) is 6.08. The first kappa shape index (κ1) is 21.5. The van der Waals surface area contributed by atoms with E-state index in [-0.39, 0.29) is 16.7 Å². The molecule has 0 saturated carbocycles. The largest absolute Gasteiger partial charge is 0.444 e. The molecule has 0 radical (unpaired) electrons. The maximum Gasteiger partial charge on any atom is 0.408 e. The minimum atomic E-state index is -3.90. The van der Waals surface area contributed by atoms with Gasteiger partial charge in [-0.05, 0) is 45.4 Å². The van der Waals surface area contributed by atoms with Crippen LogP contribution < -0.4 is 5.32 Å². The van der Waals surface area contributed by atoms with E-state index in [4.69, 9.17) is 32.4 Å². The van der Waals surface area contributed by atoms with Crippen molar-refractivity contribution in [2.24, 2.45) is 0 Å². The Hall–Kier alpha value is -1.84. The summed E-state index contributed by atoms with van der Waals surface area (Å²) in [6.07, 6.45) is -0.687. The van der Waals surface area contributed by atoms with Crippen LogP contribution in [0.25, 0.3) is 0 Å². The third-order valence-electron chi connectivity index (χ3n) is 3.13. The molecule has 1 aromatic carbocycles. The zero-order valence-corrected chi connectivity index (χ0v) is 17.4. The summed E-state index contributed by atoms with van der Waals surface area (Å²) in [6, 6.07) is 3.75. The number of hydrogen-bond donors (Lipinski definition) is 1. The summed E-state index contributed by atoms with van der Waals surface area (Å²) in [5, 5.41) is 9.77. The molecule has 1 aromatic heterocycles. The van der Waals surface area contributed by atoms with Gasteiger partial charge in [-0.1, -0.05) is 34.4 Å². The first-order chi connectivity index (χ1) is 12.4. The SMILES string of the molecule is C[C@@H](NC(=O)OC(C)(C)C)c1nnc(S(=O)(=O)Cc2ccc(Cl)c(Cl)c2)o1. The van der Waals surface area contributed by atoms with Gasteiger partial charge in [-0.3, -0.25) is 0 Å². The number of nitrogens with zero attached hydrogens (tertiary/aromatic N) is 2. The van der Waals surface area contributed by atoms with Crippen LogP contribution in [-0.4, -0.2) is 30.3 Å². The summed E-state index contributed by atoms with van der Waals surface area (Å²) < 4.78 is 35.3. The molecule has 2 aromatic rings. The van der Waals surface area contributed by atoms with Crippen LogP contribution in [0.1, 0.15) is 45.2 Å². The van der Waals surface area contributed by atoms with Gasteiger partial charge in [0.2, 0.25) is 15.7 Å². The van der Waals surface area contributed by atoms with Gasteiger partial charge in [0.15, 0.2) is 0 Å². The minimum Gasteiger partial charge on any atom is -0.444 e. The molecule has 148 valence electrons. The number of rotatable bonds is 5. The van der Waals surface area contributed by atoms with Gasteiger partial charge in [0.1, 0.15) is 11.6 Å². The molecule has 0 aliphatic heterocycles. The predicted octanol–water partition coefficient (Wildman–Crippen LogP) is 3.94. The molecule has 11 heteroatoms. The van der Waals surface area contributed by atoms with Crippen molar-refractivity contribution in [3.8, 4) is 0 Å². The summed E-state index contributed by atoms with van der Waals surface area (Å²) in [5.41, 5.74) is -0.253. The Morgan fingerprint density at radius 3 is 2.52 bits per heavy atom. The van der Waals surface area contributed by atoms with E-state index in [0.29, 0.717) is 10.6 Å². The van der Waals surface area contributed by atoms with Crippen molar-refractivity contribution >= 4 is 39.1 Å². The molecule has 0 aliphatic rings. The van der Waals surface area contributed by atoms with Gasteiger partial charge >= 0.3 is 11.3 Å². The van der Waals surface area contributed by atoms with Gasteiger partial charge in [0.05, 0.1) is 15.8 Å². The first-order valence-electron chi connectivity index (χ1n) is 7.87. The highest BCUT2D eigenvalue weighted by Crippen LogP contribution is 2.25. The molecule has 0 spiro atoms. The molecule has 0 unspecified atom stereocenters. The van der Waals surface area contributed by atoms with Gasteiger partial charge in [0.25, 0.3) is 0 Å². The Morgan fingerprint density at radius 1 is 1.26 bits per heavy atom. The zero-order valence-electron chi connectivity index (χ0n) is 15.1. The lowest BCUT2D eigenvalue weighted by molar-refractivity contribution is 0.0500. The molecule has 0 fully saturated rings.